The predicted octanol–water partition coefficient (Wildman–Crippen LogP) is 5.40. The monoisotopic (exact) mass is 386 g/mol. The van der Waals surface area contributed by atoms with Gasteiger partial charge in [-0.25, -0.2) is 4.79 Å². The molecular weight excluding hydrogens is 360 g/mol. The molecule has 0 atom stereocenters. The van der Waals surface area contributed by atoms with E-state index in [2.05, 4.69) is 43.0 Å². The number of benzene rings is 3. The van der Waals surface area contributed by atoms with Gasteiger partial charge in [-0.1, -0.05) is 97.6 Å². The van der Waals surface area contributed by atoms with Crippen molar-refractivity contribution in [1.29, 1.82) is 0 Å². The fraction of sp³-hybridized carbons (Fsp3) is 0.160. The van der Waals surface area contributed by atoms with Crippen molar-refractivity contribution in [2.24, 2.45) is 0 Å². The summed E-state index contributed by atoms with van der Waals surface area (Å²) in [5.74, 6) is -0.283. The Hall–Kier alpha value is -2.91. The summed E-state index contributed by atoms with van der Waals surface area (Å²) >= 11 is 0. The van der Waals surface area contributed by atoms with Gasteiger partial charge in [0.1, 0.15) is 0 Å². The third-order valence-corrected chi connectivity index (χ3v) is 8.54. The Morgan fingerprint density at radius 1 is 0.714 bits per heavy atom. The Bertz CT molecular complexity index is 804. The Morgan fingerprint density at radius 2 is 1.04 bits per heavy atom. The maximum atomic E-state index is 12.6. The summed E-state index contributed by atoms with van der Waals surface area (Å²) < 4.78 is 6.31. The molecular formula is C25H26O2Si. The van der Waals surface area contributed by atoms with E-state index < -0.39 is 8.32 Å². The standard InChI is InChI=1S/C25H26O2Si/c1-21(2)25(26)27-28(18-22-12-6-3-7-13-22,19-23-14-8-4-9-15-23)20-24-16-10-5-11-17-24/h3-17H,1,18-20H2,2H3. The zero-order chi connectivity index (χ0) is 19.8. The largest absolute Gasteiger partial charge is 0.515 e. The van der Waals surface area contributed by atoms with E-state index in [1.807, 2.05) is 54.6 Å². The second-order valence-electron chi connectivity index (χ2n) is 7.34. The van der Waals surface area contributed by atoms with Crippen LogP contribution in [0.1, 0.15) is 23.6 Å². The molecule has 142 valence electrons. The molecule has 2 nitrogen and oxygen atoms in total. The minimum absolute atomic E-state index is 0.283. The Morgan fingerprint density at radius 3 is 1.32 bits per heavy atom. The average Bonchev–Trinajstić information content (AvgIpc) is 2.70. The molecule has 0 aliphatic carbocycles. The number of rotatable bonds is 8. The molecule has 0 saturated heterocycles. The molecule has 0 bridgehead atoms. The van der Waals surface area contributed by atoms with E-state index in [0.717, 1.165) is 18.1 Å². The van der Waals surface area contributed by atoms with E-state index in [4.69, 9.17) is 4.43 Å². The van der Waals surface area contributed by atoms with Crippen LogP contribution >= 0.6 is 0 Å². The summed E-state index contributed by atoms with van der Waals surface area (Å²) in [6.45, 7) is 5.53. The lowest BCUT2D eigenvalue weighted by atomic mass is 10.2. The molecule has 28 heavy (non-hydrogen) atoms. The number of hydrogen-bond acceptors (Lipinski definition) is 2. The molecule has 3 rings (SSSR count). The van der Waals surface area contributed by atoms with Crippen LogP contribution in [0.5, 0.6) is 0 Å². The fourth-order valence-electron chi connectivity index (χ4n) is 3.48. The SMILES string of the molecule is C=C(C)C(=O)O[Si](Cc1ccccc1)(Cc1ccccc1)Cc1ccccc1. The van der Waals surface area contributed by atoms with Crippen molar-refractivity contribution in [3.05, 3.63) is 120 Å². The Kier molecular flexibility index (Phi) is 6.61. The molecule has 0 aliphatic heterocycles. The minimum atomic E-state index is -2.55. The van der Waals surface area contributed by atoms with Gasteiger partial charge in [0.05, 0.1) is 0 Å². The molecule has 3 heteroatoms. The second kappa shape index (κ2) is 9.33. The lowest BCUT2D eigenvalue weighted by Crippen LogP contribution is -2.49. The van der Waals surface area contributed by atoms with Gasteiger partial charge in [-0.05, 0) is 23.6 Å². The number of hydrogen-bond donors (Lipinski definition) is 0. The molecule has 0 aliphatic rings. The van der Waals surface area contributed by atoms with Crippen LogP contribution in [0.25, 0.3) is 0 Å². The molecule has 0 unspecified atom stereocenters. The van der Waals surface area contributed by atoms with Crippen LogP contribution in [0.2, 0.25) is 0 Å². The zero-order valence-corrected chi connectivity index (χ0v) is 17.3. The van der Waals surface area contributed by atoms with Gasteiger partial charge in [-0.2, -0.15) is 0 Å². The van der Waals surface area contributed by atoms with E-state index >= 15 is 0 Å². The third kappa shape index (κ3) is 5.54. The lowest BCUT2D eigenvalue weighted by Gasteiger charge is -2.32. The maximum absolute atomic E-state index is 12.6. The van der Waals surface area contributed by atoms with Gasteiger partial charge in [0, 0.05) is 23.7 Å². The van der Waals surface area contributed by atoms with Crippen molar-refractivity contribution < 1.29 is 9.22 Å². The van der Waals surface area contributed by atoms with E-state index in [-0.39, 0.29) is 5.97 Å². The second-order valence-corrected chi connectivity index (χ2v) is 11.0. The first-order valence-corrected chi connectivity index (χ1v) is 12.1. The van der Waals surface area contributed by atoms with E-state index in [0.29, 0.717) is 5.57 Å². The van der Waals surface area contributed by atoms with Gasteiger partial charge in [-0.3, -0.25) is 0 Å². The van der Waals surface area contributed by atoms with Crippen LogP contribution in [0, 0.1) is 0 Å². The van der Waals surface area contributed by atoms with Crippen molar-refractivity contribution in [1.82, 2.24) is 0 Å². The molecule has 0 spiro atoms. The summed E-state index contributed by atoms with van der Waals surface area (Å²) in [6, 6.07) is 33.3. The van der Waals surface area contributed by atoms with Gasteiger partial charge in [-0.15, -0.1) is 0 Å². The van der Waals surface area contributed by atoms with Crippen molar-refractivity contribution >= 4 is 14.3 Å². The minimum Gasteiger partial charge on any atom is -0.515 e. The van der Waals surface area contributed by atoms with E-state index in [9.17, 15) is 4.79 Å². The van der Waals surface area contributed by atoms with Crippen molar-refractivity contribution in [3.63, 3.8) is 0 Å². The summed E-state index contributed by atoms with van der Waals surface area (Å²) in [6.07, 6.45) is 0. The Balaban J connectivity index is 2.02. The van der Waals surface area contributed by atoms with Crippen molar-refractivity contribution in [2.45, 2.75) is 25.1 Å². The summed E-state index contributed by atoms with van der Waals surface area (Å²) in [7, 11) is -2.55. The van der Waals surface area contributed by atoms with Gasteiger partial charge < -0.3 is 4.43 Å². The van der Waals surface area contributed by atoms with Gasteiger partial charge >= 0.3 is 5.97 Å². The highest BCUT2D eigenvalue weighted by molar-refractivity contribution is 6.73. The molecule has 0 amide bonds. The van der Waals surface area contributed by atoms with Gasteiger partial charge in [0.2, 0.25) is 0 Å². The quantitative estimate of drug-likeness (QED) is 0.383. The van der Waals surface area contributed by atoms with Crippen LogP contribution in [-0.2, 0) is 27.4 Å². The van der Waals surface area contributed by atoms with Crippen molar-refractivity contribution in [3.8, 4) is 0 Å². The van der Waals surface area contributed by atoms with Gasteiger partial charge in [0.15, 0.2) is 0 Å². The molecule has 0 saturated carbocycles. The normalized spacial score (nSPS) is 11.0. The van der Waals surface area contributed by atoms with Crippen LogP contribution < -0.4 is 0 Å². The zero-order valence-electron chi connectivity index (χ0n) is 16.3. The number of carbonyl (C=O) groups is 1. The molecule has 0 aromatic heterocycles. The molecule has 0 fully saturated rings. The highest BCUT2D eigenvalue weighted by atomic mass is 28.4. The first-order valence-electron chi connectivity index (χ1n) is 9.57. The van der Waals surface area contributed by atoms with E-state index in [1.165, 1.54) is 16.7 Å². The van der Waals surface area contributed by atoms with Crippen LogP contribution in [-0.4, -0.2) is 14.3 Å². The average molecular weight is 387 g/mol. The van der Waals surface area contributed by atoms with Crippen LogP contribution in [0.4, 0.5) is 0 Å². The molecule has 3 aromatic rings. The van der Waals surface area contributed by atoms with E-state index in [1.54, 1.807) is 6.92 Å². The fourth-order valence-corrected chi connectivity index (χ4v) is 7.58. The Labute approximate surface area is 168 Å². The molecule has 0 heterocycles. The first-order chi connectivity index (χ1) is 13.6. The summed E-state index contributed by atoms with van der Waals surface area (Å²) in [5, 5.41) is 0. The topological polar surface area (TPSA) is 26.3 Å². The summed E-state index contributed by atoms with van der Waals surface area (Å²) in [4.78, 5) is 12.6. The third-order valence-electron chi connectivity index (χ3n) is 4.77. The van der Waals surface area contributed by atoms with Gasteiger partial charge in [0.25, 0.3) is 8.32 Å². The van der Waals surface area contributed by atoms with Crippen LogP contribution in [0.3, 0.4) is 0 Å². The first kappa shape index (κ1) is 19.8. The smallest absolute Gasteiger partial charge is 0.319 e. The summed E-state index contributed by atoms with van der Waals surface area (Å²) in [5.41, 5.74) is 4.06. The highest BCUT2D eigenvalue weighted by Crippen LogP contribution is 2.25. The lowest BCUT2D eigenvalue weighted by molar-refractivity contribution is -0.131. The number of carbonyl (C=O) groups excluding carboxylic acids is 1. The highest BCUT2D eigenvalue weighted by Gasteiger charge is 2.39. The molecule has 0 N–H and O–H groups in total. The van der Waals surface area contributed by atoms with Crippen LogP contribution in [0.15, 0.2) is 103 Å². The molecule has 3 aromatic carbocycles. The molecule has 0 radical (unpaired) electrons. The maximum Gasteiger partial charge on any atom is 0.319 e. The predicted molar refractivity (Wildman–Crippen MR) is 117 cm³/mol. The van der Waals surface area contributed by atoms with Crippen molar-refractivity contribution in [2.75, 3.05) is 0 Å².